The Morgan fingerprint density at radius 3 is 2.20 bits per heavy atom. The van der Waals surface area contributed by atoms with Crippen molar-refractivity contribution < 1.29 is 19.1 Å². The molecule has 0 bridgehead atoms. The summed E-state index contributed by atoms with van der Waals surface area (Å²) in [5, 5.41) is 11.4. The van der Waals surface area contributed by atoms with Crippen molar-refractivity contribution >= 4 is 29.1 Å². The first-order valence-electron chi connectivity index (χ1n) is 9.29. The lowest BCUT2D eigenvalue weighted by Gasteiger charge is -2.25. The van der Waals surface area contributed by atoms with Crippen molar-refractivity contribution in [2.24, 2.45) is 0 Å². The molecule has 1 fully saturated rings. The summed E-state index contributed by atoms with van der Waals surface area (Å²) in [5.74, 6) is -2.13. The minimum Gasteiger partial charge on any atom is -0.507 e. The topological polar surface area (TPSA) is 57.6 Å². The Morgan fingerprint density at radius 1 is 0.933 bits per heavy atom. The Morgan fingerprint density at radius 2 is 1.57 bits per heavy atom. The predicted octanol–water partition coefficient (Wildman–Crippen LogP) is 5.10. The lowest BCUT2D eigenvalue weighted by molar-refractivity contribution is -0.140. The average Bonchev–Trinajstić information content (AvgIpc) is 3.01. The Kier molecular flexibility index (Phi) is 5.38. The second-order valence-electron chi connectivity index (χ2n) is 6.97. The Hall–Kier alpha value is -3.44. The van der Waals surface area contributed by atoms with Gasteiger partial charge in [-0.3, -0.25) is 9.59 Å². The zero-order chi connectivity index (χ0) is 21.3. The number of nitrogens with zero attached hydrogens (tertiary/aromatic N) is 1. The molecule has 1 aliphatic heterocycles. The number of hydrogen-bond acceptors (Lipinski definition) is 3. The molecular formula is C24H17ClFNO3. The van der Waals surface area contributed by atoms with E-state index in [-0.39, 0.29) is 23.7 Å². The zero-order valence-electron chi connectivity index (χ0n) is 15.8. The lowest BCUT2D eigenvalue weighted by Crippen LogP contribution is -2.29. The number of halogens is 2. The molecule has 1 unspecified atom stereocenters. The van der Waals surface area contributed by atoms with Crippen LogP contribution in [0.5, 0.6) is 0 Å². The molecule has 0 radical (unpaired) electrons. The van der Waals surface area contributed by atoms with Gasteiger partial charge in [0, 0.05) is 17.1 Å². The number of likely N-dealkylation sites (tertiary alicyclic amines) is 1. The molecule has 30 heavy (non-hydrogen) atoms. The third-order valence-corrected chi connectivity index (χ3v) is 5.29. The van der Waals surface area contributed by atoms with Crippen LogP contribution in [0.3, 0.4) is 0 Å². The molecule has 1 atom stereocenters. The molecule has 3 aromatic rings. The molecule has 150 valence electrons. The zero-order valence-corrected chi connectivity index (χ0v) is 16.5. The maximum atomic E-state index is 13.3. The third-order valence-electron chi connectivity index (χ3n) is 5.04. The van der Waals surface area contributed by atoms with Crippen LogP contribution in [0.1, 0.15) is 22.7 Å². The van der Waals surface area contributed by atoms with Gasteiger partial charge in [0.15, 0.2) is 0 Å². The first-order chi connectivity index (χ1) is 14.5. The highest BCUT2D eigenvalue weighted by Crippen LogP contribution is 2.40. The number of benzene rings is 3. The van der Waals surface area contributed by atoms with E-state index in [9.17, 15) is 19.1 Å². The monoisotopic (exact) mass is 421 g/mol. The van der Waals surface area contributed by atoms with Crippen molar-refractivity contribution in [2.75, 3.05) is 0 Å². The highest BCUT2D eigenvalue weighted by atomic mass is 35.5. The van der Waals surface area contributed by atoms with Crippen LogP contribution >= 0.6 is 11.6 Å². The standard InChI is InChI=1S/C24H17ClFNO3/c25-18-10-8-17(9-11-18)22(28)20-21(16-4-2-1-3-5-16)27(24(30)23(20)29)14-15-6-12-19(26)13-7-15/h1-13,21,28H,14H2/b22-20-. The second-order valence-corrected chi connectivity index (χ2v) is 7.41. The van der Waals surface area contributed by atoms with E-state index >= 15 is 0 Å². The summed E-state index contributed by atoms with van der Waals surface area (Å²) in [5.41, 5.74) is 1.76. The molecule has 6 heteroatoms. The van der Waals surface area contributed by atoms with Crippen LogP contribution in [0, 0.1) is 5.82 Å². The molecule has 0 aromatic heterocycles. The van der Waals surface area contributed by atoms with Crippen LogP contribution in [-0.4, -0.2) is 21.7 Å². The molecule has 0 aliphatic carbocycles. The summed E-state index contributed by atoms with van der Waals surface area (Å²) >= 11 is 5.92. The number of Topliss-reactive ketones (excluding diaryl/α,β-unsaturated/α-hetero) is 1. The van der Waals surface area contributed by atoms with E-state index in [1.807, 2.05) is 6.07 Å². The summed E-state index contributed by atoms with van der Waals surface area (Å²) in [6, 6.07) is 20.4. The van der Waals surface area contributed by atoms with Crippen molar-refractivity contribution in [3.8, 4) is 0 Å². The Bertz CT molecular complexity index is 1130. The van der Waals surface area contributed by atoms with Crippen molar-refractivity contribution in [1.29, 1.82) is 0 Å². The quantitative estimate of drug-likeness (QED) is 0.362. The van der Waals surface area contributed by atoms with Crippen LogP contribution < -0.4 is 0 Å². The molecule has 1 aliphatic rings. The van der Waals surface area contributed by atoms with Gasteiger partial charge >= 0.3 is 0 Å². The van der Waals surface area contributed by atoms with Crippen LogP contribution in [0.25, 0.3) is 5.76 Å². The van der Waals surface area contributed by atoms with E-state index in [4.69, 9.17) is 11.6 Å². The number of amides is 1. The summed E-state index contributed by atoms with van der Waals surface area (Å²) in [7, 11) is 0. The number of carbonyl (C=O) groups excluding carboxylic acids is 2. The third kappa shape index (κ3) is 3.72. The van der Waals surface area contributed by atoms with Gasteiger partial charge in [-0.05, 0) is 47.5 Å². The van der Waals surface area contributed by atoms with Gasteiger partial charge in [-0.1, -0.05) is 54.1 Å². The molecule has 1 heterocycles. The molecule has 1 amide bonds. The maximum absolute atomic E-state index is 13.3. The normalized spacial score (nSPS) is 18.1. The maximum Gasteiger partial charge on any atom is 0.295 e. The van der Waals surface area contributed by atoms with E-state index in [0.717, 1.165) is 0 Å². The minimum atomic E-state index is -0.771. The van der Waals surface area contributed by atoms with E-state index in [0.29, 0.717) is 21.7 Å². The molecular weight excluding hydrogens is 405 g/mol. The van der Waals surface area contributed by atoms with Crippen LogP contribution in [0.15, 0.2) is 84.4 Å². The van der Waals surface area contributed by atoms with Gasteiger partial charge in [0.25, 0.3) is 11.7 Å². The summed E-state index contributed by atoms with van der Waals surface area (Å²) in [4.78, 5) is 27.2. The molecule has 1 saturated heterocycles. The van der Waals surface area contributed by atoms with Gasteiger partial charge < -0.3 is 10.0 Å². The average molecular weight is 422 g/mol. The number of hydrogen-bond donors (Lipinski definition) is 1. The number of aliphatic hydroxyl groups excluding tert-OH is 1. The fourth-order valence-corrected chi connectivity index (χ4v) is 3.70. The van der Waals surface area contributed by atoms with Crippen LogP contribution in [0.4, 0.5) is 4.39 Å². The first-order valence-corrected chi connectivity index (χ1v) is 9.67. The van der Waals surface area contributed by atoms with E-state index in [1.54, 1.807) is 60.7 Å². The number of ketones is 1. The Labute approximate surface area is 177 Å². The fraction of sp³-hybridized carbons (Fsp3) is 0.0833. The first kappa shape index (κ1) is 19.9. The van der Waals surface area contributed by atoms with Crippen LogP contribution in [-0.2, 0) is 16.1 Å². The Balaban J connectivity index is 1.83. The van der Waals surface area contributed by atoms with E-state index < -0.39 is 17.7 Å². The number of carbonyl (C=O) groups is 2. The van der Waals surface area contributed by atoms with E-state index in [2.05, 4.69) is 0 Å². The molecule has 0 saturated carbocycles. The number of rotatable bonds is 4. The van der Waals surface area contributed by atoms with Crippen molar-refractivity contribution in [1.82, 2.24) is 4.90 Å². The van der Waals surface area contributed by atoms with E-state index in [1.165, 1.54) is 17.0 Å². The highest BCUT2D eigenvalue weighted by Gasteiger charge is 2.45. The lowest BCUT2D eigenvalue weighted by atomic mass is 9.95. The van der Waals surface area contributed by atoms with Gasteiger partial charge in [0.2, 0.25) is 0 Å². The van der Waals surface area contributed by atoms with Gasteiger partial charge in [-0.25, -0.2) is 4.39 Å². The van der Waals surface area contributed by atoms with Crippen molar-refractivity contribution in [3.05, 3.63) is 112 Å². The van der Waals surface area contributed by atoms with Crippen molar-refractivity contribution in [2.45, 2.75) is 12.6 Å². The van der Waals surface area contributed by atoms with Crippen LogP contribution in [0.2, 0.25) is 5.02 Å². The molecule has 1 N–H and O–H groups in total. The summed E-state index contributed by atoms with van der Waals surface area (Å²) in [6.07, 6.45) is 0. The predicted molar refractivity (Wildman–Crippen MR) is 112 cm³/mol. The van der Waals surface area contributed by atoms with Crippen molar-refractivity contribution in [3.63, 3.8) is 0 Å². The second kappa shape index (κ2) is 8.13. The minimum absolute atomic E-state index is 0.00985. The largest absolute Gasteiger partial charge is 0.507 e. The molecule has 4 rings (SSSR count). The fourth-order valence-electron chi connectivity index (χ4n) is 3.57. The van der Waals surface area contributed by atoms with Gasteiger partial charge in [-0.15, -0.1) is 0 Å². The van der Waals surface area contributed by atoms with Gasteiger partial charge in [0.05, 0.1) is 11.6 Å². The SMILES string of the molecule is O=C1C(=O)N(Cc2ccc(F)cc2)C(c2ccccc2)/C1=C(/O)c1ccc(Cl)cc1. The van der Waals surface area contributed by atoms with Gasteiger partial charge in [-0.2, -0.15) is 0 Å². The van der Waals surface area contributed by atoms with Gasteiger partial charge in [0.1, 0.15) is 11.6 Å². The molecule has 3 aromatic carbocycles. The smallest absolute Gasteiger partial charge is 0.295 e. The highest BCUT2D eigenvalue weighted by molar-refractivity contribution is 6.46. The number of aliphatic hydroxyl groups is 1. The molecule has 0 spiro atoms. The summed E-state index contributed by atoms with van der Waals surface area (Å²) in [6.45, 7) is 0.0990. The molecule has 4 nitrogen and oxygen atoms in total. The summed E-state index contributed by atoms with van der Waals surface area (Å²) < 4.78 is 13.3.